The Hall–Kier alpha value is -1.79. The van der Waals surface area contributed by atoms with Crippen molar-refractivity contribution in [1.82, 2.24) is 5.27 Å². The minimum Gasteiger partial charge on any atom is -0.315 e. The van der Waals surface area contributed by atoms with Crippen molar-refractivity contribution in [3.63, 3.8) is 0 Å². The highest BCUT2D eigenvalue weighted by atomic mass is 35.5. The number of amides is 1. The number of carbonyl (C=O) groups excluding carboxylic acids is 1. The van der Waals surface area contributed by atoms with E-state index in [1.807, 2.05) is 0 Å². The molecule has 0 spiro atoms. The second-order valence-electron chi connectivity index (χ2n) is 3.44. The average molecular weight is 289 g/mol. The molecule has 0 aliphatic rings. The zero-order chi connectivity index (χ0) is 13.3. The average Bonchev–Trinajstić information content (AvgIpc) is 2.65. The molecule has 1 heterocycles. The first-order valence-corrected chi connectivity index (χ1v) is 5.59. The quantitative estimate of drug-likeness (QED) is 0.819. The lowest BCUT2D eigenvalue weighted by Crippen LogP contribution is -2.41. The fourth-order valence-electron chi connectivity index (χ4n) is 1.37. The highest BCUT2D eigenvalue weighted by molar-refractivity contribution is 6.44. The lowest BCUT2D eigenvalue weighted by atomic mass is 10.3. The molecule has 2 N–H and O–H groups in total. The Labute approximate surface area is 111 Å². The third kappa shape index (κ3) is 2.25. The normalized spacial score (nSPS) is 10.4. The van der Waals surface area contributed by atoms with E-state index < -0.39 is 11.5 Å². The number of carbonyl (C=O) groups is 1. The van der Waals surface area contributed by atoms with Crippen molar-refractivity contribution >= 4 is 34.8 Å². The topological polar surface area (TPSA) is 79.0 Å². The number of aryl methyl sites for hydroxylation is 1. The smallest absolute Gasteiger partial charge is 0.315 e. The molecule has 0 aliphatic heterocycles. The third-order valence-electron chi connectivity index (χ3n) is 2.22. The Morgan fingerprint density at radius 1 is 1.44 bits per heavy atom. The van der Waals surface area contributed by atoms with E-state index >= 15 is 0 Å². The predicted molar refractivity (Wildman–Crippen MR) is 64.9 cm³/mol. The maximum atomic E-state index is 11.9. The van der Waals surface area contributed by atoms with Crippen LogP contribution in [0.25, 0.3) is 0 Å². The van der Waals surface area contributed by atoms with Crippen LogP contribution >= 0.6 is 23.2 Å². The number of H-pyrrole nitrogens is 1. The molecule has 0 unspecified atom stereocenters. The summed E-state index contributed by atoms with van der Waals surface area (Å²) in [6.07, 6.45) is 0. The van der Waals surface area contributed by atoms with Crippen molar-refractivity contribution in [2.75, 3.05) is 5.32 Å². The van der Waals surface area contributed by atoms with E-state index in [4.69, 9.17) is 23.2 Å². The number of nitrogens with zero attached hydrogens (tertiary/aromatic N) is 1. The van der Waals surface area contributed by atoms with Gasteiger partial charge in [0.25, 0.3) is 0 Å². The fourth-order valence-corrected chi connectivity index (χ4v) is 1.72. The number of rotatable bonds is 2. The van der Waals surface area contributed by atoms with E-state index in [1.54, 1.807) is 18.2 Å². The Kier molecular flexibility index (Phi) is 3.40. The third-order valence-corrected chi connectivity index (χ3v) is 3.04. The van der Waals surface area contributed by atoms with Crippen LogP contribution in [0.5, 0.6) is 0 Å². The van der Waals surface area contributed by atoms with Gasteiger partial charge < -0.3 is 5.32 Å². The summed E-state index contributed by atoms with van der Waals surface area (Å²) < 4.78 is 5.63. The summed E-state index contributed by atoms with van der Waals surface area (Å²) in [6.45, 7) is 0. The summed E-state index contributed by atoms with van der Waals surface area (Å²) in [5.41, 5.74) is -0.631. The molecule has 0 saturated carbocycles. The molecule has 1 amide bonds. The Morgan fingerprint density at radius 2 is 2.17 bits per heavy atom. The van der Waals surface area contributed by atoms with E-state index in [9.17, 15) is 9.59 Å². The maximum absolute atomic E-state index is 11.9. The van der Waals surface area contributed by atoms with E-state index in [-0.39, 0.29) is 10.7 Å². The first-order valence-electron chi connectivity index (χ1n) is 4.83. The van der Waals surface area contributed by atoms with E-state index in [0.29, 0.717) is 10.7 Å². The SMILES string of the molecule is C[n+]1[nH]oc(=O)c1C(=O)Nc1cccc(Cl)c1Cl. The number of hydrogen-bond acceptors (Lipinski definition) is 3. The number of benzene rings is 1. The summed E-state index contributed by atoms with van der Waals surface area (Å²) in [7, 11) is 1.47. The van der Waals surface area contributed by atoms with Gasteiger partial charge >= 0.3 is 17.2 Å². The van der Waals surface area contributed by atoms with Crippen LogP contribution < -0.4 is 15.6 Å². The first-order chi connectivity index (χ1) is 8.50. The van der Waals surface area contributed by atoms with Gasteiger partial charge in [-0.05, 0) is 17.4 Å². The van der Waals surface area contributed by atoms with Crippen LogP contribution in [0.3, 0.4) is 0 Å². The first kappa shape index (κ1) is 12.7. The number of anilines is 1. The Bertz CT molecular complexity index is 663. The molecular weight excluding hydrogens is 281 g/mol. The lowest BCUT2D eigenvalue weighted by Gasteiger charge is -2.04. The van der Waals surface area contributed by atoms with E-state index in [1.165, 1.54) is 7.05 Å². The molecule has 94 valence electrons. The number of halogens is 2. The number of aromatic nitrogens is 2. The molecule has 2 aromatic rings. The van der Waals surface area contributed by atoms with Crippen LogP contribution in [0.4, 0.5) is 5.69 Å². The monoisotopic (exact) mass is 288 g/mol. The molecule has 1 aromatic carbocycles. The van der Waals surface area contributed by atoms with Gasteiger partial charge in [0, 0.05) is 0 Å². The van der Waals surface area contributed by atoms with Crippen LogP contribution in [-0.4, -0.2) is 11.2 Å². The van der Waals surface area contributed by atoms with Crippen molar-refractivity contribution in [3.8, 4) is 0 Å². The predicted octanol–water partition coefficient (Wildman–Crippen LogP) is 1.35. The molecule has 0 atom stereocenters. The van der Waals surface area contributed by atoms with Crippen molar-refractivity contribution in [2.24, 2.45) is 7.05 Å². The second kappa shape index (κ2) is 4.83. The molecule has 6 nitrogen and oxygen atoms in total. The van der Waals surface area contributed by atoms with Gasteiger partial charge in [-0.1, -0.05) is 34.0 Å². The van der Waals surface area contributed by atoms with E-state index in [0.717, 1.165) is 4.68 Å². The second-order valence-corrected chi connectivity index (χ2v) is 4.23. The molecule has 1 aromatic heterocycles. The molecular formula is C10H8Cl2N3O3+. The van der Waals surface area contributed by atoms with Crippen molar-refractivity contribution in [3.05, 3.63) is 44.4 Å². The fraction of sp³-hybridized carbons (Fsp3) is 0.100. The van der Waals surface area contributed by atoms with Crippen LogP contribution in [0.15, 0.2) is 27.5 Å². The van der Waals surface area contributed by atoms with Crippen LogP contribution in [0.2, 0.25) is 10.0 Å². The van der Waals surface area contributed by atoms with Gasteiger partial charge in [0.15, 0.2) is 7.05 Å². The molecule has 0 bridgehead atoms. The van der Waals surface area contributed by atoms with Crippen molar-refractivity contribution in [2.45, 2.75) is 0 Å². The molecule has 8 heteroatoms. The Balaban J connectivity index is 2.33. The van der Waals surface area contributed by atoms with Gasteiger partial charge in [-0.15, -0.1) is 0 Å². The van der Waals surface area contributed by atoms with E-state index in [2.05, 4.69) is 15.1 Å². The highest BCUT2D eigenvalue weighted by Gasteiger charge is 2.27. The molecule has 2 rings (SSSR count). The summed E-state index contributed by atoms with van der Waals surface area (Å²) in [5.74, 6) is -0.642. The Morgan fingerprint density at radius 3 is 2.78 bits per heavy atom. The number of aromatic amines is 1. The molecule has 0 saturated heterocycles. The summed E-state index contributed by atoms with van der Waals surface area (Å²) >= 11 is 11.7. The minimum absolute atomic E-state index is 0.175. The van der Waals surface area contributed by atoms with Crippen molar-refractivity contribution < 1.29 is 14.0 Å². The van der Waals surface area contributed by atoms with Crippen LogP contribution in [0, 0.1) is 0 Å². The molecule has 0 fully saturated rings. The van der Waals surface area contributed by atoms with Crippen LogP contribution in [0.1, 0.15) is 10.5 Å². The van der Waals surface area contributed by atoms with Gasteiger partial charge in [-0.25, -0.2) is 4.79 Å². The lowest BCUT2D eigenvalue weighted by molar-refractivity contribution is -0.741. The standard InChI is InChI=1S/C10H7Cl2N3O3/c1-15-8(10(17)18-14-15)9(16)13-6-4-2-3-5(11)7(6)12/h2-4H,1H3,(H-,13,14,16,17)/p+1. The van der Waals surface area contributed by atoms with Gasteiger partial charge in [0.05, 0.1) is 15.7 Å². The zero-order valence-corrected chi connectivity index (χ0v) is 10.7. The molecule has 0 aliphatic carbocycles. The van der Waals surface area contributed by atoms with Gasteiger partial charge in [-0.3, -0.25) is 9.32 Å². The summed E-state index contributed by atoms with van der Waals surface area (Å²) in [6, 6.07) is 4.79. The zero-order valence-electron chi connectivity index (χ0n) is 9.16. The molecule has 18 heavy (non-hydrogen) atoms. The van der Waals surface area contributed by atoms with Gasteiger partial charge in [0.1, 0.15) is 0 Å². The molecule has 0 radical (unpaired) electrons. The summed E-state index contributed by atoms with van der Waals surface area (Å²) in [5, 5.41) is 5.23. The largest absolute Gasteiger partial charge is 0.440 e. The van der Waals surface area contributed by atoms with Gasteiger partial charge in [0.2, 0.25) is 0 Å². The number of nitrogens with one attached hydrogen (secondary N) is 2. The van der Waals surface area contributed by atoms with Crippen LogP contribution in [-0.2, 0) is 7.05 Å². The summed E-state index contributed by atoms with van der Waals surface area (Å²) in [4.78, 5) is 23.2. The minimum atomic E-state index is -0.770. The van der Waals surface area contributed by atoms with Crippen molar-refractivity contribution in [1.29, 1.82) is 0 Å². The van der Waals surface area contributed by atoms with Gasteiger partial charge in [-0.2, -0.15) is 0 Å². The number of hydrogen-bond donors (Lipinski definition) is 2. The maximum Gasteiger partial charge on any atom is 0.440 e. The highest BCUT2D eigenvalue weighted by Crippen LogP contribution is 2.29.